The molecule has 0 unspecified atom stereocenters. The highest BCUT2D eigenvalue weighted by molar-refractivity contribution is 7.21. The molecule has 3 heterocycles. The monoisotopic (exact) mass is 419 g/mol. The van der Waals surface area contributed by atoms with Crippen LogP contribution in [0.5, 0.6) is 0 Å². The van der Waals surface area contributed by atoms with Crippen LogP contribution in [0, 0.1) is 0 Å². The fourth-order valence-corrected chi connectivity index (χ4v) is 5.11. The van der Waals surface area contributed by atoms with Crippen LogP contribution < -0.4 is 10.6 Å². The highest BCUT2D eigenvalue weighted by Crippen LogP contribution is 2.32. The topological polar surface area (TPSA) is 70.2 Å². The number of piperazine rings is 1. The molecule has 0 saturated carbocycles. The molecule has 2 aromatic heterocycles. The molecular weight excluding hydrogens is 394 g/mol. The SMILES string of the molecule is C[C@@H](Nc1ncc2ccc3sc(C(=O)N4CCNCC4)cc3c2n1)C1=CC=CCC1. The molecule has 1 aromatic carbocycles. The van der Waals surface area contributed by atoms with Crippen molar-refractivity contribution in [1.82, 2.24) is 20.2 Å². The zero-order valence-electron chi connectivity index (χ0n) is 17.0. The summed E-state index contributed by atoms with van der Waals surface area (Å²) in [7, 11) is 0. The molecule has 1 saturated heterocycles. The van der Waals surface area contributed by atoms with Gasteiger partial charge in [0.2, 0.25) is 5.95 Å². The van der Waals surface area contributed by atoms with E-state index in [-0.39, 0.29) is 11.9 Å². The third-order valence-electron chi connectivity index (χ3n) is 5.81. The molecule has 1 aliphatic heterocycles. The molecule has 7 heteroatoms. The lowest BCUT2D eigenvalue weighted by Gasteiger charge is -2.26. The van der Waals surface area contributed by atoms with Gasteiger partial charge in [0, 0.05) is 53.9 Å². The molecule has 30 heavy (non-hydrogen) atoms. The van der Waals surface area contributed by atoms with Crippen LogP contribution in [0.25, 0.3) is 21.0 Å². The van der Waals surface area contributed by atoms with E-state index in [0.29, 0.717) is 5.95 Å². The van der Waals surface area contributed by atoms with Crippen LogP contribution in [0.4, 0.5) is 5.95 Å². The van der Waals surface area contributed by atoms with Gasteiger partial charge < -0.3 is 15.5 Å². The number of thiophene rings is 1. The Morgan fingerprint density at radius 1 is 1.30 bits per heavy atom. The summed E-state index contributed by atoms with van der Waals surface area (Å²) in [5.41, 5.74) is 2.25. The van der Waals surface area contributed by atoms with Crippen molar-refractivity contribution in [2.75, 3.05) is 31.5 Å². The zero-order chi connectivity index (χ0) is 20.5. The normalized spacial score (nSPS) is 17.9. The Morgan fingerprint density at radius 2 is 2.17 bits per heavy atom. The number of allylic oxidation sites excluding steroid dienone is 3. The fraction of sp³-hybridized carbons (Fsp3) is 0.348. The third-order valence-corrected chi connectivity index (χ3v) is 6.90. The lowest BCUT2D eigenvalue weighted by molar-refractivity contribution is 0.0741. The summed E-state index contributed by atoms with van der Waals surface area (Å²) in [5, 5.41) is 8.75. The summed E-state index contributed by atoms with van der Waals surface area (Å²) < 4.78 is 1.08. The summed E-state index contributed by atoms with van der Waals surface area (Å²) in [4.78, 5) is 25.0. The highest BCUT2D eigenvalue weighted by atomic mass is 32.1. The number of fused-ring (bicyclic) bond motifs is 3. The van der Waals surface area contributed by atoms with E-state index in [0.717, 1.165) is 64.9 Å². The first-order valence-electron chi connectivity index (χ1n) is 10.5. The van der Waals surface area contributed by atoms with Crippen LogP contribution in [0.15, 0.2) is 48.2 Å². The van der Waals surface area contributed by atoms with Crippen LogP contribution in [-0.4, -0.2) is 53.0 Å². The highest BCUT2D eigenvalue weighted by Gasteiger charge is 2.21. The Hall–Kier alpha value is -2.77. The Morgan fingerprint density at radius 3 is 2.97 bits per heavy atom. The number of hydrogen-bond acceptors (Lipinski definition) is 6. The van der Waals surface area contributed by atoms with Gasteiger partial charge in [0.25, 0.3) is 5.91 Å². The van der Waals surface area contributed by atoms with E-state index in [1.807, 2.05) is 23.2 Å². The molecular formula is C23H25N5OS. The average Bonchev–Trinajstić information content (AvgIpc) is 3.25. The summed E-state index contributed by atoms with van der Waals surface area (Å²) >= 11 is 1.55. The number of anilines is 1. The van der Waals surface area contributed by atoms with E-state index in [2.05, 4.69) is 46.8 Å². The van der Waals surface area contributed by atoms with Gasteiger partial charge in [-0.15, -0.1) is 11.3 Å². The van der Waals surface area contributed by atoms with Crippen LogP contribution >= 0.6 is 11.3 Å². The lowest BCUT2D eigenvalue weighted by atomic mass is 9.99. The van der Waals surface area contributed by atoms with Crippen LogP contribution in [0.3, 0.4) is 0 Å². The van der Waals surface area contributed by atoms with Crippen molar-refractivity contribution in [2.45, 2.75) is 25.8 Å². The van der Waals surface area contributed by atoms with Crippen molar-refractivity contribution < 1.29 is 4.79 Å². The van der Waals surface area contributed by atoms with E-state index < -0.39 is 0 Å². The number of carbonyl (C=O) groups excluding carboxylic acids is 1. The minimum Gasteiger partial charge on any atom is -0.348 e. The van der Waals surface area contributed by atoms with E-state index >= 15 is 0 Å². The largest absolute Gasteiger partial charge is 0.348 e. The van der Waals surface area contributed by atoms with Gasteiger partial charge in [-0.25, -0.2) is 9.97 Å². The summed E-state index contributed by atoms with van der Waals surface area (Å²) in [5.74, 6) is 0.739. The molecule has 3 aromatic rings. The number of nitrogens with one attached hydrogen (secondary N) is 2. The second-order valence-electron chi connectivity index (χ2n) is 7.84. The maximum atomic E-state index is 12.9. The van der Waals surface area contributed by atoms with Crippen molar-refractivity contribution >= 4 is 44.2 Å². The lowest BCUT2D eigenvalue weighted by Crippen LogP contribution is -2.46. The van der Waals surface area contributed by atoms with Crippen LogP contribution in [0.1, 0.15) is 29.4 Å². The van der Waals surface area contributed by atoms with Gasteiger partial charge in [0.1, 0.15) is 0 Å². The number of aromatic nitrogens is 2. The van der Waals surface area contributed by atoms with Gasteiger partial charge in [-0.05, 0) is 43.5 Å². The number of rotatable bonds is 4. The minimum absolute atomic E-state index is 0.115. The summed E-state index contributed by atoms with van der Waals surface area (Å²) in [6.45, 7) is 5.37. The smallest absolute Gasteiger partial charge is 0.264 e. The van der Waals surface area contributed by atoms with Crippen LogP contribution in [0.2, 0.25) is 0 Å². The van der Waals surface area contributed by atoms with E-state index in [4.69, 9.17) is 4.98 Å². The van der Waals surface area contributed by atoms with Gasteiger partial charge in [-0.2, -0.15) is 0 Å². The second-order valence-corrected chi connectivity index (χ2v) is 8.92. The molecule has 154 valence electrons. The molecule has 0 bridgehead atoms. The van der Waals surface area contributed by atoms with E-state index in [1.54, 1.807) is 11.3 Å². The van der Waals surface area contributed by atoms with Crippen molar-refractivity contribution in [3.05, 3.63) is 53.1 Å². The van der Waals surface area contributed by atoms with Crippen molar-refractivity contribution in [3.63, 3.8) is 0 Å². The molecule has 5 rings (SSSR count). The quantitative estimate of drug-likeness (QED) is 0.670. The van der Waals surface area contributed by atoms with E-state index in [9.17, 15) is 4.79 Å². The summed E-state index contributed by atoms with van der Waals surface area (Å²) in [6.07, 6.45) is 10.5. The Balaban J connectivity index is 1.46. The van der Waals surface area contributed by atoms with Crippen LogP contribution in [-0.2, 0) is 0 Å². The number of benzene rings is 1. The van der Waals surface area contributed by atoms with Gasteiger partial charge in [-0.1, -0.05) is 18.2 Å². The zero-order valence-corrected chi connectivity index (χ0v) is 17.8. The number of nitrogens with zero attached hydrogens (tertiary/aromatic N) is 3. The molecule has 2 N–H and O–H groups in total. The maximum Gasteiger partial charge on any atom is 0.264 e. The number of carbonyl (C=O) groups is 1. The van der Waals surface area contributed by atoms with Crippen molar-refractivity contribution in [3.8, 4) is 0 Å². The van der Waals surface area contributed by atoms with Gasteiger partial charge in [0.05, 0.1) is 10.4 Å². The average molecular weight is 420 g/mol. The minimum atomic E-state index is 0.115. The first-order valence-corrected chi connectivity index (χ1v) is 11.3. The van der Waals surface area contributed by atoms with Crippen molar-refractivity contribution in [2.24, 2.45) is 0 Å². The predicted octanol–water partition coefficient (Wildman–Crippen LogP) is 3.97. The van der Waals surface area contributed by atoms with E-state index in [1.165, 1.54) is 5.57 Å². The molecule has 1 fully saturated rings. The maximum absolute atomic E-state index is 12.9. The Labute approximate surface area is 179 Å². The molecule has 0 spiro atoms. The fourth-order valence-electron chi connectivity index (χ4n) is 4.08. The van der Waals surface area contributed by atoms with Gasteiger partial charge >= 0.3 is 0 Å². The first kappa shape index (κ1) is 19.2. The summed E-state index contributed by atoms with van der Waals surface area (Å²) in [6, 6.07) is 6.28. The number of amides is 1. The molecule has 2 aliphatic rings. The molecule has 1 atom stereocenters. The van der Waals surface area contributed by atoms with Gasteiger partial charge in [-0.3, -0.25) is 4.79 Å². The Kier molecular flexibility index (Phi) is 5.23. The third kappa shape index (κ3) is 3.70. The predicted molar refractivity (Wildman–Crippen MR) is 123 cm³/mol. The molecule has 6 nitrogen and oxygen atoms in total. The molecule has 0 radical (unpaired) electrons. The molecule has 1 amide bonds. The molecule has 1 aliphatic carbocycles. The standard InChI is InChI=1S/C23H25N5OS/c1-15(16-5-3-2-4-6-16)26-23-25-14-17-7-8-19-18(21(17)27-23)13-20(30-19)22(29)28-11-9-24-10-12-28/h2-3,5,7-8,13-15,24H,4,6,9-12H2,1H3,(H,25,26,27)/t15-/m1/s1. The second kappa shape index (κ2) is 8.16. The Bertz CT molecular complexity index is 1160. The number of hydrogen-bond donors (Lipinski definition) is 2. The van der Waals surface area contributed by atoms with Gasteiger partial charge in [0.15, 0.2) is 0 Å². The van der Waals surface area contributed by atoms with Crippen molar-refractivity contribution in [1.29, 1.82) is 0 Å². The first-order chi connectivity index (χ1) is 14.7.